The Morgan fingerprint density at radius 1 is 1.30 bits per heavy atom. The molecular weight excluding hydrogens is 260 g/mol. The fraction of sp³-hybridized carbons (Fsp3) is 0.231. The number of hydrogen-bond donors (Lipinski definition) is 3. The van der Waals surface area contributed by atoms with Gasteiger partial charge in [-0.15, -0.1) is 0 Å². The van der Waals surface area contributed by atoms with Crippen molar-refractivity contribution in [2.45, 2.75) is 20.3 Å². The summed E-state index contributed by atoms with van der Waals surface area (Å²) in [5.74, 6) is -0.939. The number of benzene rings is 1. The maximum absolute atomic E-state index is 11.9. The number of nitrogens with one attached hydrogen (secondary N) is 3. The molecule has 104 valence electrons. The SMILES string of the molecule is CC(=O)Nc1ccc(C)c(NC(=O)C2=NNC(=O)C2)c1. The summed E-state index contributed by atoms with van der Waals surface area (Å²) in [6.45, 7) is 3.23. The summed E-state index contributed by atoms with van der Waals surface area (Å²) < 4.78 is 0. The first-order valence-corrected chi connectivity index (χ1v) is 6.00. The number of hydrazone groups is 1. The van der Waals surface area contributed by atoms with Crippen molar-refractivity contribution in [3.63, 3.8) is 0 Å². The molecule has 1 aromatic rings. The van der Waals surface area contributed by atoms with E-state index in [0.717, 1.165) is 5.56 Å². The molecule has 2 rings (SSSR count). The monoisotopic (exact) mass is 274 g/mol. The first-order chi connectivity index (χ1) is 9.45. The van der Waals surface area contributed by atoms with Crippen LogP contribution >= 0.6 is 0 Å². The minimum atomic E-state index is -0.438. The molecule has 0 radical (unpaired) electrons. The minimum Gasteiger partial charge on any atom is -0.326 e. The molecule has 7 nitrogen and oxygen atoms in total. The highest BCUT2D eigenvalue weighted by molar-refractivity contribution is 6.46. The maximum atomic E-state index is 11.9. The van der Waals surface area contributed by atoms with Crippen molar-refractivity contribution in [2.75, 3.05) is 10.6 Å². The van der Waals surface area contributed by atoms with E-state index >= 15 is 0 Å². The van der Waals surface area contributed by atoms with Gasteiger partial charge >= 0.3 is 0 Å². The molecule has 0 spiro atoms. The molecule has 1 heterocycles. The second-order valence-electron chi connectivity index (χ2n) is 4.44. The quantitative estimate of drug-likeness (QED) is 0.759. The van der Waals surface area contributed by atoms with E-state index < -0.39 is 5.91 Å². The third-order valence-electron chi connectivity index (χ3n) is 2.71. The largest absolute Gasteiger partial charge is 0.326 e. The Labute approximate surface area is 115 Å². The van der Waals surface area contributed by atoms with Crippen LogP contribution < -0.4 is 16.1 Å². The maximum Gasteiger partial charge on any atom is 0.272 e. The Balaban J connectivity index is 2.14. The Bertz CT molecular complexity index is 622. The highest BCUT2D eigenvalue weighted by Crippen LogP contribution is 2.20. The van der Waals surface area contributed by atoms with Gasteiger partial charge < -0.3 is 10.6 Å². The van der Waals surface area contributed by atoms with Crippen LogP contribution in [0.1, 0.15) is 18.9 Å². The van der Waals surface area contributed by atoms with E-state index in [-0.39, 0.29) is 23.9 Å². The summed E-state index contributed by atoms with van der Waals surface area (Å²) in [7, 11) is 0. The molecule has 0 bridgehead atoms. The fourth-order valence-corrected chi connectivity index (χ4v) is 1.72. The number of rotatable bonds is 3. The molecule has 20 heavy (non-hydrogen) atoms. The zero-order chi connectivity index (χ0) is 14.7. The molecule has 0 fully saturated rings. The number of aryl methyl sites for hydroxylation is 1. The molecule has 1 aliphatic heterocycles. The van der Waals surface area contributed by atoms with Crippen LogP contribution in [0, 0.1) is 6.92 Å². The van der Waals surface area contributed by atoms with Crippen molar-refractivity contribution in [3.8, 4) is 0 Å². The summed E-state index contributed by atoms with van der Waals surface area (Å²) in [6.07, 6.45) is -0.0315. The predicted molar refractivity (Wildman–Crippen MR) is 74.3 cm³/mol. The van der Waals surface area contributed by atoms with Crippen molar-refractivity contribution in [3.05, 3.63) is 23.8 Å². The summed E-state index contributed by atoms with van der Waals surface area (Å²) in [4.78, 5) is 33.9. The van der Waals surface area contributed by atoms with Crippen LogP contribution in [-0.4, -0.2) is 23.4 Å². The summed E-state index contributed by atoms with van der Waals surface area (Å²) in [5, 5.41) is 8.96. The topological polar surface area (TPSA) is 99.7 Å². The first kappa shape index (κ1) is 13.7. The lowest BCUT2D eigenvalue weighted by molar-refractivity contribution is -0.119. The molecule has 0 aromatic heterocycles. The van der Waals surface area contributed by atoms with Crippen LogP contribution in [-0.2, 0) is 14.4 Å². The molecule has 0 unspecified atom stereocenters. The molecule has 0 aliphatic carbocycles. The van der Waals surface area contributed by atoms with Gasteiger partial charge in [0.15, 0.2) is 0 Å². The number of carbonyl (C=O) groups is 3. The normalized spacial score (nSPS) is 13.5. The van der Waals surface area contributed by atoms with Crippen LogP contribution in [0.2, 0.25) is 0 Å². The standard InChI is InChI=1S/C13H14N4O3/c1-7-3-4-9(14-8(2)18)5-10(7)15-13(20)11-6-12(19)17-16-11/h3-5H,6H2,1-2H3,(H,14,18)(H,15,20)(H,17,19). The van der Waals surface area contributed by atoms with Gasteiger partial charge in [-0.3, -0.25) is 14.4 Å². The van der Waals surface area contributed by atoms with Gasteiger partial charge in [0.1, 0.15) is 5.71 Å². The van der Waals surface area contributed by atoms with E-state index in [1.165, 1.54) is 6.92 Å². The average molecular weight is 274 g/mol. The Morgan fingerprint density at radius 2 is 2.05 bits per heavy atom. The smallest absolute Gasteiger partial charge is 0.272 e. The Kier molecular flexibility index (Phi) is 3.79. The fourth-order valence-electron chi connectivity index (χ4n) is 1.72. The van der Waals surface area contributed by atoms with E-state index in [0.29, 0.717) is 11.4 Å². The summed E-state index contributed by atoms with van der Waals surface area (Å²) in [6, 6.07) is 5.17. The molecule has 0 saturated carbocycles. The molecule has 3 N–H and O–H groups in total. The van der Waals surface area contributed by atoms with E-state index in [2.05, 4.69) is 21.2 Å². The van der Waals surface area contributed by atoms with Crippen molar-refractivity contribution in [2.24, 2.45) is 5.10 Å². The lowest BCUT2D eigenvalue weighted by Gasteiger charge is -2.10. The van der Waals surface area contributed by atoms with Gasteiger partial charge in [-0.1, -0.05) is 6.07 Å². The second kappa shape index (κ2) is 5.52. The highest BCUT2D eigenvalue weighted by Gasteiger charge is 2.21. The van der Waals surface area contributed by atoms with Gasteiger partial charge in [0.05, 0.1) is 6.42 Å². The second-order valence-corrected chi connectivity index (χ2v) is 4.44. The van der Waals surface area contributed by atoms with Crippen molar-refractivity contribution >= 4 is 34.8 Å². The van der Waals surface area contributed by atoms with Gasteiger partial charge in [0.25, 0.3) is 5.91 Å². The molecule has 1 aliphatic rings. The van der Waals surface area contributed by atoms with E-state index in [1.807, 2.05) is 6.92 Å². The van der Waals surface area contributed by atoms with Gasteiger partial charge in [0.2, 0.25) is 11.8 Å². The van der Waals surface area contributed by atoms with E-state index in [4.69, 9.17) is 0 Å². The number of hydrogen-bond acceptors (Lipinski definition) is 4. The van der Waals surface area contributed by atoms with Gasteiger partial charge in [0, 0.05) is 18.3 Å². The highest BCUT2D eigenvalue weighted by atomic mass is 16.2. The zero-order valence-electron chi connectivity index (χ0n) is 11.1. The number of carbonyl (C=O) groups excluding carboxylic acids is 3. The van der Waals surface area contributed by atoms with Crippen LogP contribution in [0.15, 0.2) is 23.3 Å². The molecular formula is C13H14N4O3. The number of nitrogens with zero attached hydrogens (tertiary/aromatic N) is 1. The molecule has 7 heteroatoms. The van der Waals surface area contributed by atoms with Crippen LogP contribution in [0.3, 0.4) is 0 Å². The Morgan fingerprint density at radius 3 is 2.65 bits per heavy atom. The number of amides is 3. The minimum absolute atomic E-state index is 0.0315. The van der Waals surface area contributed by atoms with Crippen LogP contribution in [0.5, 0.6) is 0 Å². The third kappa shape index (κ3) is 3.19. The first-order valence-electron chi connectivity index (χ1n) is 6.00. The summed E-state index contributed by atoms with van der Waals surface area (Å²) >= 11 is 0. The third-order valence-corrected chi connectivity index (χ3v) is 2.71. The average Bonchev–Trinajstić information content (AvgIpc) is 2.79. The van der Waals surface area contributed by atoms with Gasteiger partial charge in [-0.25, -0.2) is 5.43 Å². The van der Waals surface area contributed by atoms with Crippen molar-refractivity contribution < 1.29 is 14.4 Å². The van der Waals surface area contributed by atoms with Crippen LogP contribution in [0.4, 0.5) is 11.4 Å². The van der Waals surface area contributed by atoms with Gasteiger partial charge in [-0.05, 0) is 24.6 Å². The van der Waals surface area contributed by atoms with E-state index in [1.54, 1.807) is 18.2 Å². The predicted octanol–water partition coefficient (Wildman–Crippen LogP) is 0.768. The Hall–Kier alpha value is -2.70. The molecule has 0 atom stereocenters. The van der Waals surface area contributed by atoms with Crippen molar-refractivity contribution in [1.82, 2.24) is 5.43 Å². The summed E-state index contributed by atoms with van der Waals surface area (Å²) in [5.41, 5.74) is 4.34. The number of anilines is 2. The lowest BCUT2D eigenvalue weighted by atomic mass is 10.1. The molecule has 3 amide bonds. The van der Waals surface area contributed by atoms with E-state index in [9.17, 15) is 14.4 Å². The molecule has 1 aromatic carbocycles. The lowest BCUT2D eigenvalue weighted by Crippen LogP contribution is -2.22. The van der Waals surface area contributed by atoms with Crippen molar-refractivity contribution in [1.29, 1.82) is 0 Å². The van der Waals surface area contributed by atoms with Gasteiger partial charge in [-0.2, -0.15) is 5.10 Å². The molecule has 0 saturated heterocycles. The van der Waals surface area contributed by atoms with Crippen LogP contribution in [0.25, 0.3) is 0 Å². The zero-order valence-corrected chi connectivity index (χ0v) is 11.1.